The van der Waals surface area contributed by atoms with Gasteiger partial charge in [0, 0.05) is 98.9 Å². The highest BCUT2D eigenvalue weighted by Gasteiger charge is 2.28. The number of nitriles is 1. The zero-order valence-corrected chi connectivity index (χ0v) is 29.1. The summed E-state index contributed by atoms with van der Waals surface area (Å²) in [6.07, 6.45) is 12.1. The van der Waals surface area contributed by atoms with Crippen molar-refractivity contribution in [3.63, 3.8) is 0 Å². The summed E-state index contributed by atoms with van der Waals surface area (Å²) < 4.78 is 14.7. The van der Waals surface area contributed by atoms with Crippen LogP contribution in [0.5, 0.6) is 5.88 Å². The predicted octanol–water partition coefficient (Wildman–Crippen LogP) is 4.59. The van der Waals surface area contributed by atoms with Crippen molar-refractivity contribution in [1.29, 1.82) is 5.26 Å². The van der Waals surface area contributed by atoms with Crippen LogP contribution in [-0.2, 0) is 11.3 Å². The molecule has 0 bridgehead atoms. The number of anilines is 1. The van der Waals surface area contributed by atoms with E-state index < -0.39 is 12.0 Å². The second-order valence-corrected chi connectivity index (χ2v) is 14.0. The largest absolute Gasteiger partial charge is 0.481 e. The van der Waals surface area contributed by atoms with Gasteiger partial charge in [-0.2, -0.15) is 15.5 Å². The molecule has 13 heteroatoms. The summed E-state index contributed by atoms with van der Waals surface area (Å²) in [6.45, 7) is 11.7. The molecule has 0 radical (unpaired) electrons. The van der Waals surface area contributed by atoms with Crippen LogP contribution in [0.2, 0.25) is 0 Å². The molecule has 0 saturated carbocycles. The van der Waals surface area contributed by atoms with Crippen LogP contribution in [0.4, 0.5) is 5.82 Å². The third kappa shape index (κ3) is 7.34. The highest BCUT2D eigenvalue weighted by molar-refractivity contribution is 5.87. The van der Waals surface area contributed by atoms with Crippen molar-refractivity contribution in [3.05, 3.63) is 78.6 Å². The Hall–Kier alpha value is -4.87. The smallest absolute Gasteiger partial charge is 0.216 e. The van der Waals surface area contributed by atoms with Crippen molar-refractivity contribution in [2.45, 2.75) is 58.2 Å². The monoisotopic (exact) mass is 676 g/mol. The van der Waals surface area contributed by atoms with E-state index in [9.17, 15) is 10.4 Å². The average molecular weight is 677 g/mol. The van der Waals surface area contributed by atoms with Crippen LogP contribution in [0.3, 0.4) is 0 Å². The lowest BCUT2D eigenvalue weighted by atomic mass is 10.0. The van der Waals surface area contributed by atoms with Crippen molar-refractivity contribution in [3.8, 4) is 34.2 Å². The Morgan fingerprint density at radius 2 is 1.70 bits per heavy atom. The van der Waals surface area contributed by atoms with Crippen LogP contribution in [-0.4, -0.2) is 103 Å². The van der Waals surface area contributed by atoms with E-state index in [1.165, 1.54) is 5.56 Å². The van der Waals surface area contributed by atoms with Crippen LogP contribution in [0.1, 0.15) is 50.8 Å². The number of pyridine rings is 3. The third-order valence-corrected chi connectivity index (χ3v) is 9.48. The summed E-state index contributed by atoms with van der Waals surface area (Å²) >= 11 is 0. The highest BCUT2D eigenvalue weighted by Crippen LogP contribution is 2.33. The highest BCUT2D eigenvalue weighted by atomic mass is 16.6. The molecule has 5 aromatic rings. The fourth-order valence-electron chi connectivity index (χ4n) is 6.78. The number of ether oxygens (including phenoxy) is 2. The van der Waals surface area contributed by atoms with Gasteiger partial charge in [0.15, 0.2) is 0 Å². The number of hydrogen-bond acceptors (Lipinski definition) is 11. The predicted molar refractivity (Wildman–Crippen MR) is 189 cm³/mol. The number of aliphatic hydroxyl groups excluding tert-OH is 1. The number of nitrogens with zero attached hydrogens (tertiary/aromatic N) is 10. The van der Waals surface area contributed by atoms with E-state index >= 15 is 0 Å². The summed E-state index contributed by atoms with van der Waals surface area (Å²) in [5.74, 6) is 1.56. The molecule has 1 atom stereocenters. The summed E-state index contributed by atoms with van der Waals surface area (Å²) in [7, 11) is 1.63. The Morgan fingerprint density at radius 3 is 2.36 bits per heavy atom. The van der Waals surface area contributed by atoms with E-state index in [-0.39, 0.29) is 6.04 Å². The number of methoxy groups -OCH3 is 1. The first-order chi connectivity index (χ1) is 24.2. The molecule has 2 aliphatic heterocycles. The number of hydrogen-bond donors (Lipinski definition) is 1. The molecule has 2 aliphatic rings. The Balaban J connectivity index is 1.05. The van der Waals surface area contributed by atoms with Crippen molar-refractivity contribution in [1.82, 2.24) is 39.2 Å². The van der Waals surface area contributed by atoms with E-state index in [1.54, 1.807) is 17.8 Å². The van der Waals surface area contributed by atoms with Gasteiger partial charge >= 0.3 is 0 Å². The topological polar surface area (TPSA) is 133 Å². The van der Waals surface area contributed by atoms with Crippen molar-refractivity contribution < 1.29 is 14.6 Å². The molecule has 1 unspecified atom stereocenters. The van der Waals surface area contributed by atoms with Gasteiger partial charge in [-0.1, -0.05) is 6.07 Å². The zero-order valence-electron chi connectivity index (χ0n) is 29.1. The molecule has 2 fully saturated rings. The SMILES string of the molecule is COc1ccc(CN2CCN(c3ccc(-c4cc(-c5cnn(C6CCN(C(O)OC(C)(C)C)CC6)c5)cn5ncc(C#N)c45)cn3)CC2)cn1. The molecule has 0 aromatic carbocycles. The summed E-state index contributed by atoms with van der Waals surface area (Å²) in [4.78, 5) is 15.9. The molecular formula is C37H44N10O3. The van der Waals surface area contributed by atoms with Gasteiger partial charge in [0.1, 0.15) is 11.9 Å². The van der Waals surface area contributed by atoms with Gasteiger partial charge in [-0.25, -0.2) is 14.5 Å². The van der Waals surface area contributed by atoms with Crippen LogP contribution < -0.4 is 9.64 Å². The maximum absolute atomic E-state index is 10.5. The van der Waals surface area contributed by atoms with Gasteiger partial charge in [-0.3, -0.25) is 14.5 Å². The molecule has 7 rings (SSSR count). The van der Waals surface area contributed by atoms with E-state index in [1.807, 2.05) is 61.2 Å². The van der Waals surface area contributed by atoms with Crippen molar-refractivity contribution in [2.75, 3.05) is 51.3 Å². The van der Waals surface area contributed by atoms with Gasteiger partial charge in [0.2, 0.25) is 12.3 Å². The Labute approximate surface area is 292 Å². The molecule has 0 amide bonds. The minimum Gasteiger partial charge on any atom is -0.481 e. The van der Waals surface area contributed by atoms with Crippen LogP contribution in [0.25, 0.3) is 27.8 Å². The number of aliphatic hydroxyl groups is 1. The lowest BCUT2D eigenvalue weighted by Gasteiger charge is -2.37. The number of likely N-dealkylation sites (tertiary alicyclic amines) is 1. The number of piperazine rings is 1. The number of rotatable bonds is 9. The van der Waals surface area contributed by atoms with E-state index in [2.05, 4.69) is 56.4 Å². The van der Waals surface area contributed by atoms with E-state index in [4.69, 9.17) is 19.6 Å². The first-order valence-corrected chi connectivity index (χ1v) is 17.2. The Kier molecular flexibility index (Phi) is 9.52. The molecule has 2 saturated heterocycles. The molecule has 50 heavy (non-hydrogen) atoms. The van der Waals surface area contributed by atoms with Crippen LogP contribution in [0.15, 0.2) is 67.5 Å². The summed E-state index contributed by atoms with van der Waals surface area (Å²) in [5, 5.41) is 29.7. The maximum Gasteiger partial charge on any atom is 0.216 e. The third-order valence-electron chi connectivity index (χ3n) is 9.48. The van der Waals surface area contributed by atoms with Gasteiger partial charge in [0.25, 0.3) is 0 Å². The molecule has 0 aliphatic carbocycles. The molecule has 260 valence electrons. The van der Waals surface area contributed by atoms with Crippen molar-refractivity contribution >= 4 is 11.3 Å². The first-order valence-electron chi connectivity index (χ1n) is 17.2. The Bertz CT molecular complexity index is 1940. The maximum atomic E-state index is 10.5. The van der Waals surface area contributed by atoms with Crippen molar-refractivity contribution in [2.24, 2.45) is 0 Å². The van der Waals surface area contributed by atoms with Crippen LogP contribution in [0, 0.1) is 11.3 Å². The molecule has 0 spiro atoms. The molecule has 13 nitrogen and oxygen atoms in total. The Morgan fingerprint density at radius 1 is 0.900 bits per heavy atom. The molecular weight excluding hydrogens is 632 g/mol. The summed E-state index contributed by atoms with van der Waals surface area (Å²) in [6, 6.07) is 12.7. The molecule has 1 N–H and O–H groups in total. The van der Waals surface area contributed by atoms with Gasteiger partial charge in [-0.15, -0.1) is 0 Å². The zero-order chi connectivity index (χ0) is 34.8. The fraction of sp³-hybridized carbons (Fsp3) is 0.432. The van der Waals surface area contributed by atoms with Gasteiger partial charge in [0.05, 0.1) is 42.2 Å². The minimum atomic E-state index is -0.913. The average Bonchev–Trinajstić information content (AvgIpc) is 3.79. The van der Waals surface area contributed by atoms with Gasteiger partial charge < -0.3 is 19.5 Å². The van der Waals surface area contributed by atoms with E-state index in [0.717, 1.165) is 92.2 Å². The minimum absolute atomic E-state index is 0.220. The number of aromatic nitrogens is 6. The first kappa shape index (κ1) is 33.6. The van der Waals surface area contributed by atoms with Crippen LogP contribution >= 0.6 is 0 Å². The quantitative estimate of drug-likeness (QED) is 0.220. The van der Waals surface area contributed by atoms with Gasteiger partial charge in [-0.05, 0) is 57.4 Å². The number of piperidine rings is 1. The second-order valence-electron chi connectivity index (χ2n) is 14.0. The fourth-order valence-corrected chi connectivity index (χ4v) is 6.78. The molecule has 5 aromatic heterocycles. The normalized spacial score (nSPS) is 17.2. The second kappa shape index (κ2) is 14.2. The standard InChI is InChI=1S/C37H44N10O3/c1-37(2,3)50-36(48)45-11-9-31(10-12-45)46-25-30(22-41-46)28-17-32(35-29(18-38)21-42-47(35)24-28)27-6-7-33(39-20-27)44-15-13-43(14-16-44)23-26-5-8-34(49-4)40-19-26/h5-8,17,19-22,24-25,31,36,48H,9-16,23H2,1-4H3. The van der Waals surface area contributed by atoms with E-state index in [0.29, 0.717) is 11.4 Å². The lowest BCUT2D eigenvalue weighted by molar-refractivity contribution is -0.243. The number of fused-ring (bicyclic) bond motifs is 1. The summed E-state index contributed by atoms with van der Waals surface area (Å²) in [5.41, 5.74) is 5.74. The lowest BCUT2D eigenvalue weighted by Crippen LogP contribution is -2.46. The molecule has 7 heterocycles.